The zero-order valence-corrected chi connectivity index (χ0v) is 17.3. The maximum absolute atomic E-state index is 6.15. The summed E-state index contributed by atoms with van der Waals surface area (Å²) >= 11 is 0. The van der Waals surface area contributed by atoms with Crippen LogP contribution in [0.1, 0.15) is 84.1 Å². The minimum atomic E-state index is 0.685. The van der Waals surface area contributed by atoms with Crippen molar-refractivity contribution in [1.82, 2.24) is 0 Å². The van der Waals surface area contributed by atoms with E-state index in [-0.39, 0.29) is 0 Å². The minimum absolute atomic E-state index is 0.685. The Morgan fingerprint density at radius 1 is 0.654 bits per heavy atom. The Kier molecular flexibility index (Phi) is 12.9. The first-order chi connectivity index (χ1) is 12.8. The van der Waals surface area contributed by atoms with Crippen LogP contribution in [0.15, 0.2) is 12.1 Å². The average molecular weight is 364 g/mol. The molecule has 0 fully saturated rings. The Hall–Kier alpha value is -1.38. The first kappa shape index (κ1) is 22.7. The van der Waals surface area contributed by atoms with Crippen molar-refractivity contribution in [3.8, 4) is 17.2 Å². The van der Waals surface area contributed by atoms with Crippen molar-refractivity contribution in [3.05, 3.63) is 24.6 Å². The molecule has 0 amide bonds. The molecule has 26 heavy (non-hydrogen) atoms. The van der Waals surface area contributed by atoms with E-state index in [0.29, 0.717) is 19.6 Å². The molecule has 0 aliphatic heterocycles. The van der Waals surface area contributed by atoms with E-state index >= 15 is 0 Å². The Morgan fingerprint density at radius 3 is 1.65 bits per heavy atom. The second-order valence-corrected chi connectivity index (χ2v) is 6.80. The van der Waals surface area contributed by atoms with Crippen LogP contribution in [0.25, 0.3) is 0 Å². The van der Waals surface area contributed by atoms with E-state index in [1.807, 2.05) is 6.07 Å². The van der Waals surface area contributed by atoms with Crippen LogP contribution < -0.4 is 14.2 Å². The summed E-state index contributed by atoms with van der Waals surface area (Å²) in [6.45, 7) is 12.8. The number of benzene rings is 1. The van der Waals surface area contributed by atoms with Gasteiger partial charge in [0.2, 0.25) is 5.75 Å². The predicted octanol–water partition coefficient (Wildman–Crippen LogP) is 6.77. The summed E-state index contributed by atoms with van der Waals surface area (Å²) < 4.78 is 18.3. The molecule has 0 aliphatic carbocycles. The molecule has 3 nitrogen and oxygen atoms in total. The van der Waals surface area contributed by atoms with Crippen LogP contribution in [0.2, 0.25) is 0 Å². The predicted molar refractivity (Wildman–Crippen MR) is 111 cm³/mol. The maximum Gasteiger partial charge on any atom is 0.203 e. The zero-order chi connectivity index (χ0) is 19.0. The summed E-state index contributed by atoms with van der Waals surface area (Å²) in [5.74, 6) is 2.41. The van der Waals surface area contributed by atoms with Gasteiger partial charge in [0.1, 0.15) is 0 Å². The van der Waals surface area contributed by atoms with E-state index in [2.05, 4.69) is 33.8 Å². The smallest absolute Gasteiger partial charge is 0.203 e. The van der Waals surface area contributed by atoms with Crippen LogP contribution >= 0.6 is 0 Å². The molecule has 0 N–H and O–H groups in total. The number of unbranched alkanes of at least 4 members (excludes halogenated alkanes) is 6. The first-order valence-corrected chi connectivity index (χ1v) is 10.6. The van der Waals surface area contributed by atoms with Gasteiger partial charge < -0.3 is 14.2 Å². The SMILES string of the molecule is [CH2]Cc1ccc(OCCCCC)c(OCCCCC)c1OCCCCC. The molecule has 1 radical (unpaired) electrons. The maximum atomic E-state index is 6.15. The van der Waals surface area contributed by atoms with Gasteiger partial charge in [0.15, 0.2) is 11.5 Å². The van der Waals surface area contributed by atoms with Crippen molar-refractivity contribution in [1.29, 1.82) is 0 Å². The van der Waals surface area contributed by atoms with Crippen LogP contribution in [0.4, 0.5) is 0 Å². The van der Waals surface area contributed by atoms with Gasteiger partial charge in [-0.1, -0.05) is 65.4 Å². The lowest BCUT2D eigenvalue weighted by atomic mass is 10.1. The summed E-state index contributed by atoms with van der Waals surface area (Å²) in [5, 5.41) is 0. The van der Waals surface area contributed by atoms with E-state index in [4.69, 9.17) is 14.2 Å². The lowest BCUT2D eigenvalue weighted by Crippen LogP contribution is -2.08. The molecule has 0 heterocycles. The molecular weight excluding hydrogens is 324 g/mol. The fraction of sp³-hybridized carbons (Fsp3) is 0.696. The summed E-state index contributed by atoms with van der Waals surface area (Å²) in [4.78, 5) is 0. The summed E-state index contributed by atoms with van der Waals surface area (Å²) in [6.07, 6.45) is 11.0. The Balaban J connectivity index is 2.90. The minimum Gasteiger partial charge on any atom is -0.490 e. The van der Waals surface area contributed by atoms with Crippen LogP contribution in [-0.4, -0.2) is 19.8 Å². The lowest BCUT2D eigenvalue weighted by Gasteiger charge is -2.19. The molecule has 1 aromatic carbocycles. The summed E-state index contributed by atoms with van der Waals surface area (Å²) in [7, 11) is 0. The van der Waals surface area contributed by atoms with E-state index in [1.165, 1.54) is 38.5 Å². The molecule has 0 bridgehead atoms. The molecule has 0 aromatic heterocycles. The van der Waals surface area contributed by atoms with Gasteiger partial charge in [-0.3, -0.25) is 0 Å². The molecule has 0 saturated heterocycles. The summed E-state index contributed by atoms with van der Waals surface area (Å²) in [5.41, 5.74) is 1.09. The average Bonchev–Trinajstić information content (AvgIpc) is 2.66. The quantitative estimate of drug-likeness (QED) is 0.303. The van der Waals surface area contributed by atoms with Crippen LogP contribution in [0, 0.1) is 6.92 Å². The fourth-order valence-corrected chi connectivity index (χ4v) is 2.78. The number of rotatable bonds is 16. The zero-order valence-electron chi connectivity index (χ0n) is 17.3. The largest absolute Gasteiger partial charge is 0.490 e. The van der Waals surface area contributed by atoms with Crippen molar-refractivity contribution in [3.63, 3.8) is 0 Å². The van der Waals surface area contributed by atoms with Crippen molar-refractivity contribution in [2.24, 2.45) is 0 Å². The number of hydrogen-bond donors (Lipinski definition) is 0. The van der Waals surface area contributed by atoms with Gasteiger partial charge in [0, 0.05) is 0 Å². The van der Waals surface area contributed by atoms with Gasteiger partial charge in [-0.25, -0.2) is 0 Å². The van der Waals surface area contributed by atoms with Gasteiger partial charge >= 0.3 is 0 Å². The van der Waals surface area contributed by atoms with Gasteiger partial charge in [-0.15, -0.1) is 0 Å². The first-order valence-electron chi connectivity index (χ1n) is 10.6. The normalized spacial score (nSPS) is 10.8. The molecule has 1 aromatic rings. The Morgan fingerprint density at radius 2 is 1.15 bits per heavy atom. The molecule has 0 spiro atoms. The Labute approximate surface area is 161 Å². The number of hydrogen-bond acceptors (Lipinski definition) is 3. The molecule has 3 heteroatoms. The third kappa shape index (κ3) is 8.33. The molecule has 1 rings (SSSR count). The second kappa shape index (κ2) is 14.8. The second-order valence-electron chi connectivity index (χ2n) is 6.80. The van der Waals surface area contributed by atoms with Crippen molar-refractivity contribution in [2.45, 2.75) is 85.0 Å². The van der Waals surface area contributed by atoms with Crippen LogP contribution in [0.5, 0.6) is 17.2 Å². The highest BCUT2D eigenvalue weighted by Crippen LogP contribution is 2.41. The molecule has 0 saturated carbocycles. The Bertz CT molecular complexity index is 471. The fourth-order valence-electron chi connectivity index (χ4n) is 2.78. The molecule has 149 valence electrons. The molecule has 0 atom stereocenters. The van der Waals surface area contributed by atoms with Gasteiger partial charge in [-0.05, 0) is 44.2 Å². The highest BCUT2D eigenvalue weighted by Gasteiger charge is 2.17. The van der Waals surface area contributed by atoms with Crippen LogP contribution in [-0.2, 0) is 6.42 Å². The van der Waals surface area contributed by atoms with E-state index in [1.54, 1.807) is 0 Å². The topological polar surface area (TPSA) is 27.7 Å². The van der Waals surface area contributed by atoms with Crippen molar-refractivity contribution < 1.29 is 14.2 Å². The monoisotopic (exact) mass is 363 g/mol. The van der Waals surface area contributed by atoms with E-state index < -0.39 is 0 Å². The van der Waals surface area contributed by atoms with E-state index in [9.17, 15) is 0 Å². The van der Waals surface area contributed by atoms with Gasteiger partial charge in [-0.2, -0.15) is 0 Å². The third-order valence-electron chi connectivity index (χ3n) is 4.42. The third-order valence-corrected chi connectivity index (χ3v) is 4.42. The van der Waals surface area contributed by atoms with Gasteiger partial charge in [0.25, 0.3) is 0 Å². The lowest BCUT2D eigenvalue weighted by molar-refractivity contribution is 0.234. The van der Waals surface area contributed by atoms with Crippen LogP contribution in [0.3, 0.4) is 0 Å². The standard InChI is InChI=1S/C23H39O3/c1-5-9-12-17-24-21-16-15-20(8-4)22(25-18-13-10-6-2)23(21)26-19-14-11-7-3/h15-16H,4-14,17-19H2,1-3H3. The van der Waals surface area contributed by atoms with E-state index in [0.717, 1.165) is 48.7 Å². The summed E-state index contributed by atoms with van der Waals surface area (Å²) in [6, 6.07) is 4.08. The molecule has 0 aliphatic rings. The van der Waals surface area contributed by atoms with Gasteiger partial charge in [0.05, 0.1) is 19.8 Å². The van der Waals surface area contributed by atoms with Crippen molar-refractivity contribution >= 4 is 0 Å². The number of ether oxygens (including phenoxy) is 3. The molecule has 0 unspecified atom stereocenters. The highest BCUT2D eigenvalue weighted by molar-refractivity contribution is 5.56. The highest BCUT2D eigenvalue weighted by atomic mass is 16.5. The molecular formula is C23H39O3. The van der Waals surface area contributed by atoms with Crippen molar-refractivity contribution in [2.75, 3.05) is 19.8 Å².